The minimum absolute atomic E-state index is 0.0138. The van der Waals surface area contributed by atoms with Gasteiger partial charge >= 0.3 is 0 Å². The van der Waals surface area contributed by atoms with Crippen LogP contribution in [0.5, 0.6) is 0 Å². The number of ketones is 1. The van der Waals surface area contributed by atoms with Gasteiger partial charge < -0.3 is 0 Å². The molecule has 0 saturated heterocycles. The maximum absolute atomic E-state index is 12.1. The van der Waals surface area contributed by atoms with Crippen LogP contribution in [0.3, 0.4) is 0 Å². The van der Waals surface area contributed by atoms with E-state index in [4.69, 9.17) is 0 Å². The second-order valence-corrected chi connectivity index (χ2v) is 3.94. The quantitative estimate of drug-likeness (QED) is 0.649. The van der Waals surface area contributed by atoms with Crippen molar-refractivity contribution in [2.24, 2.45) is 5.41 Å². The van der Waals surface area contributed by atoms with Crippen LogP contribution in [0.2, 0.25) is 0 Å². The third kappa shape index (κ3) is 1.70. The van der Waals surface area contributed by atoms with Crippen LogP contribution in [0.1, 0.15) is 52.9 Å². The Hall–Kier alpha value is -0.590. The second-order valence-electron chi connectivity index (χ2n) is 3.94. The molecule has 13 heavy (non-hydrogen) atoms. The van der Waals surface area contributed by atoms with Crippen LogP contribution in [0.4, 0.5) is 0 Å². The summed E-state index contributed by atoms with van der Waals surface area (Å²) in [5.41, 5.74) is 1.05. The third-order valence-corrected chi connectivity index (χ3v) is 3.52. The minimum Gasteiger partial charge on any atom is -0.294 e. The van der Waals surface area contributed by atoms with Crippen LogP contribution in [-0.4, -0.2) is 5.78 Å². The Labute approximate surface area is 81.2 Å². The van der Waals surface area contributed by atoms with Crippen LogP contribution < -0.4 is 0 Å². The van der Waals surface area contributed by atoms with Crippen molar-refractivity contribution in [3.05, 3.63) is 11.6 Å². The van der Waals surface area contributed by atoms with Gasteiger partial charge in [-0.3, -0.25) is 4.79 Å². The summed E-state index contributed by atoms with van der Waals surface area (Å²) in [6, 6.07) is 0. The van der Waals surface area contributed by atoms with Crippen LogP contribution in [0, 0.1) is 5.41 Å². The lowest BCUT2D eigenvalue weighted by Crippen LogP contribution is -2.33. The molecule has 1 rings (SSSR count). The predicted molar refractivity (Wildman–Crippen MR) is 55.6 cm³/mol. The van der Waals surface area contributed by atoms with Gasteiger partial charge in [0, 0.05) is 5.41 Å². The van der Waals surface area contributed by atoms with Crippen LogP contribution >= 0.6 is 0 Å². The van der Waals surface area contributed by atoms with Gasteiger partial charge in [0.15, 0.2) is 5.78 Å². The van der Waals surface area contributed by atoms with Gasteiger partial charge in [-0.1, -0.05) is 26.8 Å². The number of carbonyl (C=O) groups is 1. The molecule has 0 atom stereocenters. The predicted octanol–water partition coefficient (Wildman–Crippen LogP) is 3.49. The Kier molecular flexibility index (Phi) is 3.29. The van der Waals surface area contributed by atoms with Gasteiger partial charge in [-0.2, -0.15) is 0 Å². The molecule has 0 aromatic rings. The first-order valence-electron chi connectivity index (χ1n) is 5.44. The molecule has 0 N–H and O–H groups in total. The summed E-state index contributed by atoms with van der Waals surface area (Å²) < 4.78 is 0. The first-order valence-corrected chi connectivity index (χ1v) is 5.44. The smallest absolute Gasteiger partial charge is 0.164 e. The average Bonchev–Trinajstić information content (AvgIpc) is 2.19. The molecule has 0 radical (unpaired) electrons. The van der Waals surface area contributed by atoms with E-state index in [2.05, 4.69) is 26.8 Å². The highest BCUT2D eigenvalue weighted by atomic mass is 16.1. The number of carbonyl (C=O) groups excluding carboxylic acids is 1. The molecule has 0 fully saturated rings. The Bertz CT molecular complexity index is 221. The molecular weight excluding hydrogens is 160 g/mol. The molecule has 0 bridgehead atoms. The van der Waals surface area contributed by atoms with Crippen molar-refractivity contribution in [3.63, 3.8) is 0 Å². The molecule has 0 aromatic carbocycles. The lowest BCUT2D eigenvalue weighted by Gasteiger charge is -2.33. The SMILES string of the molecule is CCC1=CCCC(CC)(CC)C1=O. The van der Waals surface area contributed by atoms with E-state index in [1.807, 2.05) is 0 Å². The highest BCUT2D eigenvalue weighted by molar-refractivity contribution is 6.00. The van der Waals surface area contributed by atoms with E-state index in [1.54, 1.807) is 0 Å². The molecule has 0 unspecified atom stereocenters. The number of Topliss-reactive ketones (excluding diaryl/α,β-unsaturated/α-hetero) is 1. The summed E-state index contributed by atoms with van der Waals surface area (Å²) in [4.78, 5) is 12.1. The van der Waals surface area contributed by atoms with Crippen LogP contribution in [0.15, 0.2) is 11.6 Å². The third-order valence-electron chi connectivity index (χ3n) is 3.52. The van der Waals surface area contributed by atoms with Crippen molar-refractivity contribution < 1.29 is 4.79 Å². The topological polar surface area (TPSA) is 17.1 Å². The molecule has 1 aliphatic carbocycles. The monoisotopic (exact) mass is 180 g/mol. The fourth-order valence-corrected chi connectivity index (χ4v) is 2.30. The number of rotatable bonds is 3. The molecule has 0 aromatic heterocycles. The Morgan fingerprint density at radius 2 is 1.92 bits per heavy atom. The van der Waals surface area contributed by atoms with E-state index < -0.39 is 0 Å². The zero-order valence-electron chi connectivity index (χ0n) is 9.02. The van der Waals surface area contributed by atoms with Crippen molar-refractivity contribution in [1.82, 2.24) is 0 Å². The lowest BCUT2D eigenvalue weighted by molar-refractivity contribution is -0.126. The van der Waals surface area contributed by atoms with E-state index in [1.165, 1.54) is 0 Å². The van der Waals surface area contributed by atoms with E-state index in [0.29, 0.717) is 5.78 Å². The summed E-state index contributed by atoms with van der Waals surface area (Å²) in [6.45, 7) is 6.35. The van der Waals surface area contributed by atoms with Crippen molar-refractivity contribution in [2.45, 2.75) is 52.9 Å². The maximum atomic E-state index is 12.1. The first kappa shape index (κ1) is 10.5. The standard InChI is InChI=1S/C12H20O/c1-4-10-8-7-9-12(5-2,6-3)11(10)13/h8H,4-7,9H2,1-3H3. The van der Waals surface area contributed by atoms with Gasteiger partial charge in [0.2, 0.25) is 0 Å². The highest BCUT2D eigenvalue weighted by Crippen LogP contribution is 2.39. The fraction of sp³-hybridized carbons (Fsp3) is 0.750. The summed E-state index contributed by atoms with van der Waals surface area (Å²) in [5, 5.41) is 0. The van der Waals surface area contributed by atoms with Gasteiger partial charge in [-0.25, -0.2) is 0 Å². The zero-order chi connectivity index (χ0) is 9.90. The van der Waals surface area contributed by atoms with Gasteiger partial charge in [-0.15, -0.1) is 0 Å². The Morgan fingerprint density at radius 3 is 2.38 bits per heavy atom. The van der Waals surface area contributed by atoms with E-state index in [0.717, 1.165) is 37.7 Å². The van der Waals surface area contributed by atoms with Crippen molar-refractivity contribution in [1.29, 1.82) is 0 Å². The number of hydrogen-bond donors (Lipinski definition) is 0. The van der Waals surface area contributed by atoms with Crippen molar-refractivity contribution >= 4 is 5.78 Å². The highest BCUT2D eigenvalue weighted by Gasteiger charge is 2.37. The van der Waals surface area contributed by atoms with Crippen molar-refractivity contribution in [2.75, 3.05) is 0 Å². The maximum Gasteiger partial charge on any atom is 0.164 e. The minimum atomic E-state index is -0.0138. The molecule has 74 valence electrons. The van der Waals surface area contributed by atoms with E-state index in [-0.39, 0.29) is 5.41 Å². The summed E-state index contributed by atoms with van der Waals surface area (Å²) >= 11 is 0. The Morgan fingerprint density at radius 1 is 1.31 bits per heavy atom. The van der Waals surface area contributed by atoms with Gasteiger partial charge in [-0.05, 0) is 37.7 Å². The number of hydrogen-bond acceptors (Lipinski definition) is 1. The van der Waals surface area contributed by atoms with Crippen LogP contribution in [-0.2, 0) is 4.79 Å². The molecular formula is C12H20O. The second kappa shape index (κ2) is 4.08. The summed E-state index contributed by atoms with van der Waals surface area (Å²) in [7, 11) is 0. The van der Waals surface area contributed by atoms with Gasteiger partial charge in [0.25, 0.3) is 0 Å². The van der Waals surface area contributed by atoms with Crippen molar-refractivity contribution in [3.8, 4) is 0 Å². The van der Waals surface area contributed by atoms with Crippen LogP contribution in [0.25, 0.3) is 0 Å². The molecule has 0 heterocycles. The van der Waals surface area contributed by atoms with E-state index >= 15 is 0 Å². The summed E-state index contributed by atoms with van der Waals surface area (Å²) in [6.07, 6.45) is 7.19. The fourth-order valence-electron chi connectivity index (χ4n) is 2.30. The average molecular weight is 180 g/mol. The van der Waals surface area contributed by atoms with Gasteiger partial charge in [0.1, 0.15) is 0 Å². The van der Waals surface area contributed by atoms with E-state index in [9.17, 15) is 4.79 Å². The lowest BCUT2D eigenvalue weighted by atomic mass is 9.69. The molecule has 0 aliphatic heterocycles. The molecule has 0 spiro atoms. The molecule has 0 saturated carbocycles. The molecule has 1 heteroatoms. The largest absolute Gasteiger partial charge is 0.294 e. The first-order chi connectivity index (χ1) is 6.20. The zero-order valence-corrected chi connectivity index (χ0v) is 9.02. The summed E-state index contributed by atoms with van der Waals surface area (Å²) in [5.74, 6) is 0.422. The van der Waals surface area contributed by atoms with Gasteiger partial charge in [0.05, 0.1) is 0 Å². The molecule has 1 nitrogen and oxygen atoms in total. The molecule has 0 amide bonds. The normalized spacial score (nSPS) is 21.5. The Balaban J connectivity index is 2.92. The molecule has 1 aliphatic rings. The number of allylic oxidation sites excluding steroid dienone is 2.